The molecule has 3 aromatic carbocycles. The first-order valence-corrected chi connectivity index (χ1v) is 9.58. The third kappa shape index (κ3) is 3.60. The molecule has 0 unspecified atom stereocenters. The van der Waals surface area contributed by atoms with Gasteiger partial charge in [-0.05, 0) is 41.5 Å². The number of fused-ring (bicyclic) bond motifs is 1. The van der Waals surface area contributed by atoms with Crippen molar-refractivity contribution in [2.75, 3.05) is 5.32 Å². The molecule has 1 amide bonds. The summed E-state index contributed by atoms with van der Waals surface area (Å²) >= 11 is 6.06. The summed E-state index contributed by atoms with van der Waals surface area (Å²) in [6.45, 7) is 0. The van der Waals surface area contributed by atoms with Crippen LogP contribution in [0.5, 0.6) is 0 Å². The van der Waals surface area contributed by atoms with E-state index in [1.54, 1.807) is 24.3 Å². The van der Waals surface area contributed by atoms with Gasteiger partial charge in [0.2, 0.25) is 0 Å². The van der Waals surface area contributed by atoms with Crippen LogP contribution in [-0.4, -0.2) is 21.2 Å². The smallest absolute Gasteiger partial charge is 0.355 e. The largest absolute Gasteiger partial charge is 0.439 e. The van der Waals surface area contributed by atoms with Gasteiger partial charge in [-0.25, -0.2) is 4.79 Å². The maximum absolute atomic E-state index is 12.9. The Hall–Kier alpha value is -4.17. The summed E-state index contributed by atoms with van der Waals surface area (Å²) in [7, 11) is 0. The molecule has 2 N–H and O–H groups in total. The number of amides is 1. The molecule has 0 fully saturated rings. The second kappa shape index (κ2) is 7.58. The zero-order chi connectivity index (χ0) is 21.4. The van der Waals surface area contributed by atoms with E-state index in [0.717, 1.165) is 11.1 Å². The summed E-state index contributed by atoms with van der Waals surface area (Å²) in [5.41, 5.74) is 3.36. The van der Waals surface area contributed by atoms with Crippen molar-refractivity contribution in [2.24, 2.45) is 0 Å². The molecule has 5 rings (SSSR count). The fraction of sp³-hybridized carbons (Fsp3) is 0. The molecule has 0 aliphatic heterocycles. The predicted octanol–water partition coefficient (Wildman–Crippen LogP) is 4.74. The predicted molar refractivity (Wildman–Crippen MR) is 115 cm³/mol. The van der Waals surface area contributed by atoms with Gasteiger partial charge in [0.05, 0.1) is 11.1 Å². The van der Waals surface area contributed by atoms with Crippen LogP contribution in [0.25, 0.3) is 33.5 Å². The van der Waals surface area contributed by atoms with Crippen molar-refractivity contribution in [3.05, 3.63) is 88.0 Å². The molecule has 0 aliphatic rings. The summed E-state index contributed by atoms with van der Waals surface area (Å²) in [6, 6.07) is 20.1. The minimum Gasteiger partial charge on any atom is -0.355 e. The lowest BCUT2D eigenvalue weighted by molar-refractivity contribution is 0.102. The van der Waals surface area contributed by atoms with E-state index in [-0.39, 0.29) is 11.5 Å². The van der Waals surface area contributed by atoms with Gasteiger partial charge in [-0.15, -0.1) is 0 Å². The standard InChI is InChI=1S/C22H13ClN4O4/c23-14-7-9-17(16(11-14)20-25-22(29)31-27-20)24-21(28)19-15-8-6-13(10-18(15)30-26-19)12-4-2-1-3-5-12/h1-11H,(H,24,28)(H,25,27,29). The fourth-order valence-corrected chi connectivity index (χ4v) is 3.43. The van der Waals surface area contributed by atoms with Crippen LogP contribution in [0.4, 0.5) is 5.69 Å². The van der Waals surface area contributed by atoms with Gasteiger partial charge in [0.25, 0.3) is 5.91 Å². The van der Waals surface area contributed by atoms with E-state index in [4.69, 9.17) is 16.1 Å². The topological polar surface area (TPSA) is 114 Å². The summed E-state index contributed by atoms with van der Waals surface area (Å²) in [6.07, 6.45) is 0. The number of rotatable bonds is 4. The lowest BCUT2D eigenvalue weighted by Gasteiger charge is -2.08. The Labute approximate surface area is 179 Å². The molecule has 0 atom stereocenters. The Balaban J connectivity index is 1.48. The number of nitrogens with one attached hydrogen (secondary N) is 2. The molecule has 5 aromatic rings. The summed E-state index contributed by atoms with van der Waals surface area (Å²) < 4.78 is 9.95. The Bertz CT molecular complexity index is 1470. The molecule has 9 heteroatoms. The number of carbonyl (C=O) groups is 1. The number of aromatic nitrogens is 3. The number of benzene rings is 3. The van der Waals surface area contributed by atoms with E-state index in [2.05, 4.69) is 25.1 Å². The lowest BCUT2D eigenvalue weighted by atomic mass is 10.0. The van der Waals surface area contributed by atoms with Crippen LogP contribution in [0.3, 0.4) is 0 Å². The van der Waals surface area contributed by atoms with Crippen molar-refractivity contribution < 1.29 is 13.8 Å². The molecule has 0 aliphatic carbocycles. The zero-order valence-electron chi connectivity index (χ0n) is 15.8. The van der Waals surface area contributed by atoms with Crippen molar-refractivity contribution in [3.8, 4) is 22.5 Å². The Kier molecular flexibility index (Phi) is 4.61. The molecule has 8 nitrogen and oxygen atoms in total. The first-order valence-electron chi connectivity index (χ1n) is 9.20. The normalized spacial score (nSPS) is 11.0. The van der Waals surface area contributed by atoms with Gasteiger partial charge < -0.3 is 9.84 Å². The highest BCUT2D eigenvalue weighted by Gasteiger charge is 2.19. The first kappa shape index (κ1) is 18.8. The number of H-pyrrole nitrogens is 1. The highest BCUT2D eigenvalue weighted by molar-refractivity contribution is 6.31. The quantitative estimate of drug-likeness (QED) is 0.424. The van der Waals surface area contributed by atoms with Crippen molar-refractivity contribution in [3.63, 3.8) is 0 Å². The van der Waals surface area contributed by atoms with Crippen molar-refractivity contribution >= 4 is 34.2 Å². The van der Waals surface area contributed by atoms with Crippen LogP contribution in [0, 0.1) is 0 Å². The van der Waals surface area contributed by atoms with Gasteiger partial charge in [0.15, 0.2) is 17.1 Å². The lowest BCUT2D eigenvalue weighted by Crippen LogP contribution is -2.13. The molecule has 152 valence electrons. The number of anilines is 1. The Morgan fingerprint density at radius 1 is 0.935 bits per heavy atom. The number of hydrogen-bond donors (Lipinski definition) is 2. The number of halogens is 1. The molecule has 0 spiro atoms. The SMILES string of the molecule is O=C(Nc1ccc(Cl)cc1-c1noc(=O)[nH]1)c1noc2cc(-c3ccccc3)ccc12. The van der Waals surface area contributed by atoms with Gasteiger partial charge >= 0.3 is 5.76 Å². The Morgan fingerprint density at radius 2 is 1.77 bits per heavy atom. The van der Waals surface area contributed by atoms with Crippen LogP contribution >= 0.6 is 11.6 Å². The average molecular weight is 433 g/mol. The molecular weight excluding hydrogens is 420 g/mol. The van der Waals surface area contributed by atoms with E-state index in [0.29, 0.717) is 27.2 Å². The molecule has 2 aromatic heterocycles. The van der Waals surface area contributed by atoms with Gasteiger partial charge in [-0.3, -0.25) is 14.3 Å². The van der Waals surface area contributed by atoms with Gasteiger partial charge in [-0.1, -0.05) is 58.3 Å². The molecule has 0 saturated carbocycles. The summed E-state index contributed by atoms with van der Waals surface area (Å²) in [5.74, 6) is -1.06. The summed E-state index contributed by atoms with van der Waals surface area (Å²) in [5, 5.41) is 11.3. The van der Waals surface area contributed by atoms with Crippen LogP contribution < -0.4 is 11.1 Å². The van der Waals surface area contributed by atoms with Crippen molar-refractivity contribution in [1.29, 1.82) is 0 Å². The monoisotopic (exact) mass is 432 g/mol. The summed E-state index contributed by atoms with van der Waals surface area (Å²) in [4.78, 5) is 26.7. The number of carbonyl (C=O) groups excluding carboxylic acids is 1. The second-order valence-corrected chi connectivity index (χ2v) is 7.13. The number of nitrogens with zero attached hydrogens (tertiary/aromatic N) is 2. The van der Waals surface area contributed by atoms with E-state index in [9.17, 15) is 9.59 Å². The van der Waals surface area contributed by atoms with E-state index >= 15 is 0 Å². The minimum absolute atomic E-state index is 0.129. The minimum atomic E-state index is -0.719. The maximum Gasteiger partial charge on any atom is 0.439 e. The molecular formula is C22H13ClN4O4. The van der Waals surface area contributed by atoms with Crippen LogP contribution in [-0.2, 0) is 0 Å². The van der Waals surface area contributed by atoms with Gasteiger partial charge in [0, 0.05) is 10.6 Å². The molecule has 0 bridgehead atoms. The zero-order valence-corrected chi connectivity index (χ0v) is 16.5. The van der Waals surface area contributed by atoms with E-state index < -0.39 is 11.7 Å². The Morgan fingerprint density at radius 3 is 2.55 bits per heavy atom. The maximum atomic E-state index is 12.9. The highest BCUT2D eigenvalue weighted by atomic mass is 35.5. The first-order chi connectivity index (χ1) is 15.1. The van der Waals surface area contributed by atoms with Crippen LogP contribution in [0.2, 0.25) is 5.02 Å². The molecule has 0 radical (unpaired) electrons. The molecule has 0 saturated heterocycles. The van der Waals surface area contributed by atoms with E-state index in [1.807, 2.05) is 42.5 Å². The third-order valence-corrected chi connectivity index (χ3v) is 4.95. The van der Waals surface area contributed by atoms with Crippen molar-refractivity contribution in [1.82, 2.24) is 15.3 Å². The van der Waals surface area contributed by atoms with Gasteiger partial charge in [0.1, 0.15) is 0 Å². The third-order valence-electron chi connectivity index (χ3n) is 4.72. The fourth-order valence-electron chi connectivity index (χ4n) is 3.26. The second-order valence-electron chi connectivity index (χ2n) is 6.70. The van der Waals surface area contributed by atoms with Gasteiger partial charge in [-0.2, -0.15) is 0 Å². The number of aromatic amines is 1. The van der Waals surface area contributed by atoms with Crippen LogP contribution in [0.15, 0.2) is 80.6 Å². The average Bonchev–Trinajstić information content (AvgIpc) is 3.41. The van der Waals surface area contributed by atoms with E-state index in [1.165, 1.54) is 0 Å². The van der Waals surface area contributed by atoms with Crippen molar-refractivity contribution in [2.45, 2.75) is 0 Å². The van der Waals surface area contributed by atoms with Crippen LogP contribution in [0.1, 0.15) is 10.5 Å². The number of hydrogen-bond acceptors (Lipinski definition) is 6. The highest BCUT2D eigenvalue weighted by Crippen LogP contribution is 2.30. The molecule has 2 heterocycles. The molecule has 31 heavy (non-hydrogen) atoms.